The molecule has 3 aromatic rings. The molecular formula is C21H21N5O5S. The van der Waals surface area contributed by atoms with Crippen molar-refractivity contribution in [1.82, 2.24) is 14.9 Å². The van der Waals surface area contributed by atoms with Crippen LogP contribution in [0.15, 0.2) is 59.5 Å². The number of allylic oxidation sites excluding steroid dienone is 1. The zero-order valence-corrected chi connectivity index (χ0v) is 17.7. The number of pyridine rings is 1. The van der Waals surface area contributed by atoms with Crippen molar-refractivity contribution in [2.24, 2.45) is 5.73 Å². The van der Waals surface area contributed by atoms with E-state index < -0.39 is 29.5 Å². The molecule has 32 heavy (non-hydrogen) atoms. The quantitative estimate of drug-likeness (QED) is 0.361. The fourth-order valence-corrected chi connectivity index (χ4v) is 3.96. The van der Waals surface area contributed by atoms with Gasteiger partial charge in [-0.15, -0.1) is 11.3 Å². The number of hydrogen-bond acceptors (Lipinski definition) is 6. The van der Waals surface area contributed by atoms with Crippen molar-refractivity contribution >= 4 is 45.1 Å². The summed E-state index contributed by atoms with van der Waals surface area (Å²) in [5, 5.41) is 14.4. The van der Waals surface area contributed by atoms with Crippen molar-refractivity contribution in [2.75, 3.05) is 5.32 Å². The van der Waals surface area contributed by atoms with Crippen molar-refractivity contribution in [3.63, 3.8) is 0 Å². The summed E-state index contributed by atoms with van der Waals surface area (Å²) < 4.78 is 2.43. The molecule has 1 unspecified atom stereocenters. The molecule has 1 atom stereocenters. The third-order valence-corrected chi connectivity index (χ3v) is 5.46. The molecule has 0 fully saturated rings. The van der Waals surface area contributed by atoms with Gasteiger partial charge in [0.2, 0.25) is 11.8 Å². The number of rotatable bonds is 9. The number of aromatic nitrogens is 2. The number of primary amides is 1. The number of hydrogen-bond donors (Lipinski definition) is 4. The van der Waals surface area contributed by atoms with Crippen LogP contribution in [0.1, 0.15) is 17.8 Å². The van der Waals surface area contributed by atoms with Crippen LogP contribution >= 0.6 is 11.3 Å². The summed E-state index contributed by atoms with van der Waals surface area (Å²) in [6.45, 7) is 0.233. The van der Waals surface area contributed by atoms with Gasteiger partial charge in [0.05, 0.1) is 16.8 Å². The van der Waals surface area contributed by atoms with E-state index in [1.54, 1.807) is 12.3 Å². The largest absolute Gasteiger partial charge is 0.465 e. The molecule has 0 aliphatic rings. The van der Waals surface area contributed by atoms with Crippen LogP contribution in [0.5, 0.6) is 0 Å². The Bertz CT molecular complexity index is 1200. The number of carbonyl (C=O) groups excluding carboxylic acids is 2. The maximum atomic E-state index is 12.8. The number of nitrogens with one attached hydrogen (secondary N) is 2. The minimum absolute atomic E-state index is 0.0171. The molecule has 0 aliphatic carbocycles. The predicted octanol–water partition coefficient (Wildman–Crippen LogP) is 1.90. The van der Waals surface area contributed by atoms with Crippen molar-refractivity contribution in [2.45, 2.75) is 25.4 Å². The van der Waals surface area contributed by atoms with Gasteiger partial charge in [-0.2, -0.15) is 0 Å². The first-order valence-corrected chi connectivity index (χ1v) is 10.5. The molecule has 3 rings (SSSR count). The molecule has 0 bridgehead atoms. The fourth-order valence-electron chi connectivity index (χ4n) is 2.99. The van der Waals surface area contributed by atoms with Gasteiger partial charge in [-0.3, -0.25) is 14.4 Å². The van der Waals surface area contributed by atoms with Gasteiger partial charge in [0.25, 0.3) is 5.56 Å². The van der Waals surface area contributed by atoms with Crippen LogP contribution in [0.2, 0.25) is 0 Å². The van der Waals surface area contributed by atoms with Crippen molar-refractivity contribution < 1.29 is 19.5 Å². The molecule has 2 heterocycles. The summed E-state index contributed by atoms with van der Waals surface area (Å²) >= 11 is 1.47. The van der Waals surface area contributed by atoms with E-state index in [2.05, 4.69) is 15.6 Å². The molecule has 0 radical (unpaired) electrons. The van der Waals surface area contributed by atoms with Crippen LogP contribution in [0, 0.1) is 0 Å². The van der Waals surface area contributed by atoms with Gasteiger partial charge in [-0.05, 0) is 43.2 Å². The molecule has 0 saturated heterocycles. The summed E-state index contributed by atoms with van der Waals surface area (Å²) in [6.07, 6.45) is 3.09. The van der Waals surface area contributed by atoms with Crippen LogP contribution in [-0.4, -0.2) is 38.6 Å². The molecule has 11 heteroatoms. The van der Waals surface area contributed by atoms with E-state index in [1.165, 1.54) is 28.0 Å². The van der Waals surface area contributed by atoms with Crippen LogP contribution in [0.25, 0.3) is 10.2 Å². The maximum Gasteiger partial charge on any atom is 0.405 e. The monoisotopic (exact) mass is 455 g/mol. The first kappa shape index (κ1) is 22.7. The van der Waals surface area contributed by atoms with Crippen molar-refractivity contribution in [3.8, 4) is 0 Å². The van der Waals surface area contributed by atoms with Gasteiger partial charge in [0.1, 0.15) is 16.7 Å². The smallest absolute Gasteiger partial charge is 0.405 e. The Kier molecular flexibility index (Phi) is 7.34. The van der Waals surface area contributed by atoms with Gasteiger partial charge in [-0.25, -0.2) is 9.78 Å². The minimum atomic E-state index is -1.38. The second-order valence-corrected chi connectivity index (χ2v) is 7.92. The fraction of sp³-hybridized carbons (Fsp3) is 0.190. The molecule has 0 spiro atoms. The molecule has 1 aromatic carbocycles. The number of fused-ring (bicyclic) bond motifs is 1. The van der Waals surface area contributed by atoms with Gasteiger partial charge < -0.3 is 26.0 Å². The highest BCUT2D eigenvalue weighted by atomic mass is 32.1. The Balaban J connectivity index is 1.73. The highest BCUT2D eigenvalue weighted by Gasteiger charge is 2.21. The van der Waals surface area contributed by atoms with Gasteiger partial charge in [0, 0.05) is 6.20 Å². The number of carbonyl (C=O) groups is 3. The molecule has 166 valence electrons. The van der Waals surface area contributed by atoms with Gasteiger partial charge in [0.15, 0.2) is 0 Å². The number of nitrogens with zero attached hydrogens (tertiary/aromatic N) is 2. The number of para-hydroxylation sites is 1. The van der Waals surface area contributed by atoms with E-state index in [9.17, 15) is 19.2 Å². The number of benzene rings is 1. The Morgan fingerprint density at radius 3 is 2.72 bits per heavy atom. The Morgan fingerprint density at radius 2 is 2.00 bits per heavy atom. The van der Waals surface area contributed by atoms with Crippen molar-refractivity contribution in [3.05, 3.63) is 70.1 Å². The number of anilines is 1. The first-order chi connectivity index (χ1) is 15.3. The zero-order chi connectivity index (χ0) is 23.1. The lowest BCUT2D eigenvalue weighted by Gasteiger charge is -2.16. The average molecular weight is 455 g/mol. The summed E-state index contributed by atoms with van der Waals surface area (Å²) in [5.74, 6) is -1.33. The summed E-state index contributed by atoms with van der Waals surface area (Å²) in [5.41, 5.74) is 5.42. The standard InChI is InChI=1S/C21H21N5O5S/c22-17(27)10-4-2-7-14(25-21(30)31)19(28)24-15-8-5-11-26(20(15)29)12-18-23-13-6-1-3-9-16(13)32-18/h1,3-6,8-11,14,25H,2,7,12H2,(H2,22,27)(H,24,28)(H,30,31). The highest BCUT2D eigenvalue weighted by Crippen LogP contribution is 2.22. The number of carboxylic acid groups (broad SMARTS) is 1. The third kappa shape index (κ3) is 6.01. The predicted molar refractivity (Wildman–Crippen MR) is 121 cm³/mol. The van der Waals surface area contributed by atoms with E-state index in [1.807, 2.05) is 24.3 Å². The number of nitrogens with two attached hydrogens (primary N) is 1. The molecule has 0 saturated carbocycles. The average Bonchev–Trinajstić information content (AvgIpc) is 3.15. The van der Waals surface area contributed by atoms with Crippen LogP contribution < -0.4 is 21.9 Å². The third-order valence-electron chi connectivity index (χ3n) is 4.44. The lowest BCUT2D eigenvalue weighted by molar-refractivity contribution is -0.118. The summed E-state index contributed by atoms with van der Waals surface area (Å²) in [4.78, 5) is 51.8. The van der Waals surface area contributed by atoms with Gasteiger partial charge in [-0.1, -0.05) is 18.2 Å². The lowest BCUT2D eigenvalue weighted by Crippen LogP contribution is -2.44. The Morgan fingerprint density at radius 1 is 1.22 bits per heavy atom. The van der Waals surface area contributed by atoms with E-state index >= 15 is 0 Å². The van der Waals surface area contributed by atoms with Crippen LogP contribution in [0.3, 0.4) is 0 Å². The molecule has 0 aliphatic heterocycles. The normalized spacial score (nSPS) is 12.0. The zero-order valence-electron chi connectivity index (χ0n) is 16.9. The Labute approximate surface area is 186 Å². The Hall–Kier alpha value is -3.99. The molecule has 10 nitrogen and oxygen atoms in total. The maximum absolute atomic E-state index is 12.8. The SMILES string of the molecule is NC(=O)C=CCCC(NC(=O)O)C(=O)Nc1cccn(Cc2nc3ccccc3s2)c1=O. The minimum Gasteiger partial charge on any atom is -0.465 e. The lowest BCUT2D eigenvalue weighted by atomic mass is 10.1. The second-order valence-electron chi connectivity index (χ2n) is 6.80. The van der Waals surface area contributed by atoms with Gasteiger partial charge >= 0.3 is 6.09 Å². The molecule has 5 N–H and O–H groups in total. The highest BCUT2D eigenvalue weighted by molar-refractivity contribution is 7.18. The van der Waals surface area contributed by atoms with E-state index in [0.717, 1.165) is 21.3 Å². The molecule has 3 amide bonds. The molecule has 2 aromatic heterocycles. The molecular weight excluding hydrogens is 434 g/mol. The van der Waals surface area contributed by atoms with Crippen molar-refractivity contribution in [1.29, 1.82) is 0 Å². The summed E-state index contributed by atoms with van der Waals surface area (Å²) in [6, 6.07) is 9.58. The van der Waals surface area contributed by atoms with E-state index in [-0.39, 0.29) is 25.1 Å². The van der Waals surface area contributed by atoms with E-state index in [4.69, 9.17) is 10.8 Å². The van der Waals surface area contributed by atoms with Crippen LogP contribution in [-0.2, 0) is 16.1 Å². The van der Waals surface area contributed by atoms with Crippen LogP contribution in [0.4, 0.5) is 10.5 Å². The first-order valence-electron chi connectivity index (χ1n) is 9.63. The number of thiazole rings is 1. The second kappa shape index (κ2) is 10.4. The van der Waals surface area contributed by atoms with E-state index in [0.29, 0.717) is 0 Å². The number of amides is 3. The summed E-state index contributed by atoms with van der Waals surface area (Å²) in [7, 11) is 0. The topological polar surface area (TPSA) is 156 Å².